The van der Waals surface area contributed by atoms with Crippen molar-refractivity contribution in [3.8, 4) is 0 Å². The number of fused-ring (bicyclic) bond motifs is 1. The van der Waals surface area contributed by atoms with Crippen molar-refractivity contribution in [3.63, 3.8) is 0 Å². The minimum absolute atomic E-state index is 0.0297. The normalized spacial score (nSPS) is 21.2. The van der Waals surface area contributed by atoms with Gasteiger partial charge in [-0.15, -0.1) is 0 Å². The van der Waals surface area contributed by atoms with Gasteiger partial charge in [-0.25, -0.2) is 9.78 Å². The van der Waals surface area contributed by atoms with E-state index in [1.165, 1.54) is 4.90 Å². The molecule has 1 saturated heterocycles. The Morgan fingerprint density at radius 3 is 2.52 bits per heavy atom. The van der Waals surface area contributed by atoms with Gasteiger partial charge in [-0.05, 0) is 37.1 Å². The Morgan fingerprint density at radius 2 is 1.89 bits per heavy atom. The molecule has 0 radical (unpaired) electrons. The number of carbonyl (C=O) groups is 2. The first-order chi connectivity index (χ1) is 13.0. The van der Waals surface area contributed by atoms with Crippen molar-refractivity contribution in [1.82, 2.24) is 9.88 Å². The van der Waals surface area contributed by atoms with E-state index < -0.39 is 6.09 Å². The van der Waals surface area contributed by atoms with Crippen LogP contribution in [0.5, 0.6) is 0 Å². The molecule has 1 aliphatic heterocycles. The predicted octanol–water partition coefficient (Wildman–Crippen LogP) is 2.25. The Hall–Kier alpha value is -3.29. The average Bonchev–Trinajstić information content (AvgIpc) is 2.64. The van der Waals surface area contributed by atoms with E-state index >= 15 is 0 Å². The number of hydrogen-bond donors (Lipinski definition) is 3. The van der Waals surface area contributed by atoms with Gasteiger partial charge in [-0.1, -0.05) is 12.1 Å². The van der Waals surface area contributed by atoms with Gasteiger partial charge in [0.1, 0.15) is 5.82 Å². The summed E-state index contributed by atoms with van der Waals surface area (Å²) in [5.74, 6) is 0.495. The second-order valence-electron chi connectivity index (χ2n) is 6.83. The zero-order valence-electron chi connectivity index (χ0n) is 14.7. The molecule has 1 aromatic carbocycles. The summed E-state index contributed by atoms with van der Waals surface area (Å²) in [5, 5.41) is 12.1. The summed E-state index contributed by atoms with van der Waals surface area (Å²) in [6, 6.07) is 10.8. The highest BCUT2D eigenvalue weighted by Crippen LogP contribution is 2.35. The number of pyridine rings is 1. The number of nitrogens with two attached hydrogens (primary N) is 1. The number of piperazine rings is 1. The minimum atomic E-state index is -0.857. The lowest BCUT2D eigenvalue weighted by atomic mass is 9.82. The monoisotopic (exact) mass is 367 g/mol. The van der Waals surface area contributed by atoms with E-state index in [4.69, 9.17) is 5.73 Å². The maximum absolute atomic E-state index is 12.4. The van der Waals surface area contributed by atoms with Crippen LogP contribution in [0.2, 0.25) is 0 Å². The lowest BCUT2D eigenvalue weighted by molar-refractivity contribution is 0.0653. The number of para-hydroxylation sites is 2. The molecule has 2 unspecified atom stereocenters. The fourth-order valence-electron chi connectivity index (χ4n) is 3.76. The number of aromatic nitrogens is 1. The van der Waals surface area contributed by atoms with E-state index in [1.54, 1.807) is 36.5 Å². The summed E-state index contributed by atoms with van der Waals surface area (Å²) in [6.45, 7) is 1.07. The van der Waals surface area contributed by atoms with Gasteiger partial charge in [0.2, 0.25) is 0 Å². The number of anilines is 3. The van der Waals surface area contributed by atoms with Crippen LogP contribution in [0.1, 0.15) is 23.2 Å². The highest BCUT2D eigenvalue weighted by Gasteiger charge is 2.45. The van der Waals surface area contributed by atoms with Crippen LogP contribution < -0.4 is 16.0 Å². The molecule has 27 heavy (non-hydrogen) atoms. The molecule has 2 amide bonds. The first-order valence-corrected chi connectivity index (χ1v) is 8.92. The number of benzene rings is 1. The molecule has 4 N–H and O–H groups in total. The van der Waals surface area contributed by atoms with Crippen LogP contribution in [0.3, 0.4) is 0 Å². The molecule has 2 aromatic rings. The van der Waals surface area contributed by atoms with Gasteiger partial charge in [0, 0.05) is 19.3 Å². The van der Waals surface area contributed by atoms with Crippen molar-refractivity contribution in [2.45, 2.75) is 24.9 Å². The number of carboxylic acid groups (broad SMARTS) is 1. The largest absolute Gasteiger partial charge is 0.465 e. The molecule has 0 bridgehead atoms. The van der Waals surface area contributed by atoms with Gasteiger partial charge in [0.15, 0.2) is 0 Å². The molecule has 2 fully saturated rings. The Bertz CT molecular complexity index is 870. The maximum Gasteiger partial charge on any atom is 0.407 e. The number of hydrogen-bond acceptors (Lipinski definition) is 5. The minimum Gasteiger partial charge on any atom is -0.465 e. The number of nitrogen functional groups attached to an aromatic ring is 1. The van der Waals surface area contributed by atoms with Crippen LogP contribution in [0.15, 0.2) is 42.6 Å². The lowest BCUT2D eigenvalue weighted by Gasteiger charge is -2.53. The standard InChI is InChI=1S/C19H21N5O3/c20-13-3-1-2-4-14(13)22-18(25)12-5-8-17(21-11-12)23-9-10-24(19(26)27)16-7-6-15(16)23/h1-5,8,11,15-16H,6-7,9-10,20H2,(H,22,25)(H,26,27). The zero-order chi connectivity index (χ0) is 19.0. The Labute approximate surface area is 156 Å². The van der Waals surface area contributed by atoms with E-state index in [-0.39, 0.29) is 18.0 Å². The highest BCUT2D eigenvalue weighted by atomic mass is 16.4. The zero-order valence-corrected chi connectivity index (χ0v) is 14.7. The molecule has 1 aromatic heterocycles. The second-order valence-corrected chi connectivity index (χ2v) is 6.83. The van der Waals surface area contributed by atoms with E-state index in [2.05, 4.69) is 15.2 Å². The molecule has 1 aliphatic carbocycles. The third kappa shape index (κ3) is 3.14. The summed E-state index contributed by atoms with van der Waals surface area (Å²) in [5.41, 5.74) is 7.36. The van der Waals surface area contributed by atoms with E-state index in [0.717, 1.165) is 18.7 Å². The van der Waals surface area contributed by atoms with Gasteiger partial charge >= 0.3 is 6.09 Å². The third-order valence-electron chi connectivity index (χ3n) is 5.34. The average molecular weight is 367 g/mol. The Morgan fingerprint density at radius 1 is 1.11 bits per heavy atom. The molecule has 0 spiro atoms. The molecule has 8 nitrogen and oxygen atoms in total. The maximum atomic E-state index is 12.4. The molecule has 2 aliphatic rings. The van der Waals surface area contributed by atoms with Crippen LogP contribution in [0, 0.1) is 0 Å². The van der Waals surface area contributed by atoms with Crippen LogP contribution in [-0.2, 0) is 0 Å². The molecule has 1 saturated carbocycles. The number of carbonyl (C=O) groups excluding carboxylic acids is 1. The molecule has 140 valence electrons. The predicted molar refractivity (Wildman–Crippen MR) is 102 cm³/mol. The SMILES string of the molecule is Nc1ccccc1NC(=O)c1ccc(N2CCN(C(=O)O)C3CCC32)nc1. The topological polar surface area (TPSA) is 112 Å². The molecule has 2 heterocycles. The summed E-state index contributed by atoms with van der Waals surface area (Å²) in [6.07, 6.45) is 2.52. The quantitative estimate of drug-likeness (QED) is 0.718. The summed E-state index contributed by atoms with van der Waals surface area (Å²) >= 11 is 0. The number of rotatable bonds is 3. The Balaban J connectivity index is 1.46. The molecule has 2 atom stereocenters. The van der Waals surface area contributed by atoms with Crippen LogP contribution in [0.4, 0.5) is 22.0 Å². The lowest BCUT2D eigenvalue weighted by Crippen LogP contribution is -2.66. The second kappa shape index (κ2) is 6.79. The van der Waals surface area contributed by atoms with Crippen LogP contribution >= 0.6 is 0 Å². The van der Waals surface area contributed by atoms with Crippen molar-refractivity contribution in [2.24, 2.45) is 0 Å². The summed E-state index contributed by atoms with van der Waals surface area (Å²) in [4.78, 5) is 31.8. The van der Waals surface area contributed by atoms with E-state index in [9.17, 15) is 14.7 Å². The van der Waals surface area contributed by atoms with Crippen LogP contribution in [-0.4, -0.2) is 52.2 Å². The fourth-order valence-corrected chi connectivity index (χ4v) is 3.76. The number of nitrogens with one attached hydrogen (secondary N) is 1. The van der Waals surface area contributed by atoms with Crippen molar-refractivity contribution < 1.29 is 14.7 Å². The van der Waals surface area contributed by atoms with Gasteiger partial charge in [-0.3, -0.25) is 4.79 Å². The van der Waals surface area contributed by atoms with Gasteiger partial charge in [0.05, 0.1) is 29.0 Å². The molecular weight excluding hydrogens is 346 g/mol. The first-order valence-electron chi connectivity index (χ1n) is 8.92. The van der Waals surface area contributed by atoms with E-state index in [0.29, 0.717) is 30.0 Å². The van der Waals surface area contributed by atoms with Gasteiger partial charge in [-0.2, -0.15) is 0 Å². The molecule has 8 heteroatoms. The summed E-state index contributed by atoms with van der Waals surface area (Å²) < 4.78 is 0. The smallest absolute Gasteiger partial charge is 0.407 e. The molecular formula is C19H21N5O3. The van der Waals surface area contributed by atoms with Gasteiger partial charge in [0.25, 0.3) is 5.91 Å². The third-order valence-corrected chi connectivity index (χ3v) is 5.34. The summed E-state index contributed by atoms with van der Waals surface area (Å²) in [7, 11) is 0. The molecule has 4 rings (SSSR count). The van der Waals surface area contributed by atoms with Crippen LogP contribution in [0.25, 0.3) is 0 Å². The van der Waals surface area contributed by atoms with Gasteiger partial charge < -0.3 is 26.0 Å². The van der Waals surface area contributed by atoms with Crippen molar-refractivity contribution in [2.75, 3.05) is 29.0 Å². The Kier molecular flexibility index (Phi) is 4.31. The number of amides is 2. The van der Waals surface area contributed by atoms with Crippen molar-refractivity contribution >= 4 is 29.2 Å². The van der Waals surface area contributed by atoms with Crippen molar-refractivity contribution in [1.29, 1.82) is 0 Å². The highest BCUT2D eigenvalue weighted by molar-refractivity contribution is 6.05. The number of nitrogens with zero attached hydrogens (tertiary/aromatic N) is 3. The first kappa shape index (κ1) is 17.1. The van der Waals surface area contributed by atoms with E-state index in [1.807, 2.05) is 6.07 Å². The van der Waals surface area contributed by atoms with Crippen molar-refractivity contribution in [3.05, 3.63) is 48.2 Å². The fraction of sp³-hybridized carbons (Fsp3) is 0.316.